The molecule has 2 aromatic rings. The standard InChI is InChI=1S/C28H34O2/c1-21(2)13-11-14-22(3)15-12-16-23(4)28-29-26(24-17-7-5-8-18-24)27(30-28)25-19-9-6-10-20-25/h5-10,13,15,17-20,26-28H,4,11-12,14,16H2,1-3H3. The van der Waals surface area contributed by atoms with Crippen molar-refractivity contribution in [3.63, 3.8) is 0 Å². The monoisotopic (exact) mass is 402 g/mol. The van der Waals surface area contributed by atoms with Crippen LogP contribution >= 0.6 is 0 Å². The summed E-state index contributed by atoms with van der Waals surface area (Å²) in [6.45, 7) is 10.8. The summed E-state index contributed by atoms with van der Waals surface area (Å²) >= 11 is 0. The van der Waals surface area contributed by atoms with Crippen LogP contribution in [-0.4, -0.2) is 6.29 Å². The van der Waals surface area contributed by atoms with E-state index in [9.17, 15) is 0 Å². The predicted molar refractivity (Wildman–Crippen MR) is 125 cm³/mol. The van der Waals surface area contributed by atoms with E-state index in [-0.39, 0.29) is 18.5 Å². The zero-order chi connectivity index (χ0) is 21.3. The lowest BCUT2D eigenvalue weighted by atomic mass is 9.99. The van der Waals surface area contributed by atoms with E-state index in [0.29, 0.717) is 0 Å². The summed E-state index contributed by atoms with van der Waals surface area (Å²) in [7, 11) is 0. The van der Waals surface area contributed by atoms with Crippen LogP contribution in [-0.2, 0) is 9.47 Å². The van der Waals surface area contributed by atoms with Crippen molar-refractivity contribution in [3.05, 3.63) is 107 Å². The molecule has 1 aliphatic heterocycles. The normalized spacial score (nSPS) is 21.4. The van der Waals surface area contributed by atoms with Crippen LogP contribution in [0.4, 0.5) is 0 Å². The maximum atomic E-state index is 6.37. The summed E-state index contributed by atoms with van der Waals surface area (Å²) in [5.74, 6) is 0. The highest BCUT2D eigenvalue weighted by Crippen LogP contribution is 2.44. The first-order valence-corrected chi connectivity index (χ1v) is 10.9. The zero-order valence-electron chi connectivity index (χ0n) is 18.5. The minimum absolute atomic E-state index is 0.128. The Hall–Kier alpha value is -2.42. The first-order chi connectivity index (χ1) is 14.5. The molecule has 3 rings (SSSR count). The van der Waals surface area contributed by atoms with Gasteiger partial charge in [-0.2, -0.15) is 0 Å². The minimum atomic E-state index is -0.375. The molecule has 30 heavy (non-hydrogen) atoms. The molecule has 0 spiro atoms. The van der Waals surface area contributed by atoms with Crippen molar-refractivity contribution >= 4 is 0 Å². The van der Waals surface area contributed by atoms with Gasteiger partial charge in [0, 0.05) is 0 Å². The van der Waals surface area contributed by atoms with Gasteiger partial charge >= 0.3 is 0 Å². The van der Waals surface area contributed by atoms with Gasteiger partial charge in [0.2, 0.25) is 0 Å². The SMILES string of the molecule is C=C(CCC=C(C)CCC=C(C)C)C1OC(c2ccccc2)C(c2ccccc2)O1. The first-order valence-electron chi connectivity index (χ1n) is 10.9. The van der Waals surface area contributed by atoms with Gasteiger partial charge in [0.15, 0.2) is 6.29 Å². The number of benzene rings is 2. The van der Waals surface area contributed by atoms with E-state index < -0.39 is 0 Å². The molecule has 0 aliphatic carbocycles. The molecular formula is C28H34O2. The van der Waals surface area contributed by atoms with Crippen LogP contribution in [0.3, 0.4) is 0 Å². The molecule has 0 amide bonds. The Balaban J connectivity index is 1.62. The fourth-order valence-electron chi connectivity index (χ4n) is 3.74. The fourth-order valence-corrected chi connectivity index (χ4v) is 3.74. The molecule has 0 radical (unpaired) electrons. The van der Waals surface area contributed by atoms with Crippen molar-refractivity contribution in [3.8, 4) is 0 Å². The van der Waals surface area contributed by atoms with E-state index in [0.717, 1.165) is 42.4 Å². The van der Waals surface area contributed by atoms with Gasteiger partial charge < -0.3 is 9.47 Å². The molecule has 0 aromatic heterocycles. The topological polar surface area (TPSA) is 18.5 Å². The second-order valence-electron chi connectivity index (χ2n) is 8.33. The van der Waals surface area contributed by atoms with E-state index in [1.807, 2.05) is 36.4 Å². The summed E-state index contributed by atoms with van der Waals surface area (Å²) in [6.07, 6.45) is 8.04. The average molecular weight is 403 g/mol. The lowest BCUT2D eigenvalue weighted by molar-refractivity contribution is -0.0396. The third kappa shape index (κ3) is 6.29. The highest BCUT2D eigenvalue weighted by atomic mass is 16.7. The summed E-state index contributed by atoms with van der Waals surface area (Å²) < 4.78 is 12.7. The molecule has 1 aliphatic rings. The summed E-state index contributed by atoms with van der Waals surface area (Å²) in [5.41, 5.74) is 6.08. The van der Waals surface area contributed by atoms with Crippen LogP contribution < -0.4 is 0 Å². The molecule has 1 saturated heterocycles. The minimum Gasteiger partial charge on any atom is -0.338 e. The van der Waals surface area contributed by atoms with Crippen molar-refractivity contribution in [2.75, 3.05) is 0 Å². The van der Waals surface area contributed by atoms with Crippen LogP contribution in [0.1, 0.15) is 69.8 Å². The van der Waals surface area contributed by atoms with Gasteiger partial charge in [-0.25, -0.2) is 0 Å². The molecule has 1 fully saturated rings. The third-order valence-corrected chi connectivity index (χ3v) is 5.45. The van der Waals surface area contributed by atoms with Gasteiger partial charge in [0.25, 0.3) is 0 Å². The quantitative estimate of drug-likeness (QED) is 0.397. The van der Waals surface area contributed by atoms with Crippen molar-refractivity contribution < 1.29 is 9.47 Å². The molecule has 0 saturated carbocycles. The predicted octanol–water partition coefficient (Wildman–Crippen LogP) is 7.87. The van der Waals surface area contributed by atoms with Gasteiger partial charge in [0.05, 0.1) is 0 Å². The van der Waals surface area contributed by atoms with Crippen molar-refractivity contribution in [2.24, 2.45) is 0 Å². The van der Waals surface area contributed by atoms with Gasteiger partial charge in [-0.1, -0.05) is 90.5 Å². The number of ether oxygens (including phenoxy) is 2. The Morgan fingerprint density at radius 1 is 0.767 bits per heavy atom. The molecule has 0 N–H and O–H groups in total. The molecule has 158 valence electrons. The molecule has 2 nitrogen and oxygen atoms in total. The molecule has 2 heteroatoms. The summed E-state index contributed by atoms with van der Waals surface area (Å²) in [5, 5.41) is 0. The second-order valence-corrected chi connectivity index (χ2v) is 8.33. The highest BCUT2D eigenvalue weighted by molar-refractivity contribution is 5.27. The van der Waals surface area contributed by atoms with Crippen LogP contribution in [0.5, 0.6) is 0 Å². The fraction of sp³-hybridized carbons (Fsp3) is 0.357. The number of hydrogen-bond donors (Lipinski definition) is 0. The molecule has 2 aromatic carbocycles. The van der Waals surface area contributed by atoms with Crippen molar-refractivity contribution in [1.82, 2.24) is 0 Å². The van der Waals surface area contributed by atoms with E-state index in [1.165, 1.54) is 11.1 Å². The molecule has 2 unspecified atom stereocenters. The van der Waals surface area contributed by atoms with E-state index in [1.54, 1.807) is 0 Å². The maximum absolute atomic E-state index is 6.37. The lowest BCUT2D eigenvalue weighted by Crippen LogP contribution is -2.11. The molecular weight excluding hydrogens is 368 g/mol. The summed E-state index contributed by atoms with van der Waals surface area (Å²) in [6, 6.07) is 20.7. The second kappa shape index (κ2) is 11.1. The van der Waals surface area contributed by atoms with Gasteiger partial charge in [-0.05, 0) is 63.2 Å². The van der Waals surface area contributed by atoms with Crippen LogP contribution in [0.2, 0.25) is 0 Å². The smallest absolute Gasteiger partial charge is 0.181 e. The number of allylic oxidation sites excluding steroid dienone is 4. The van der Waals surface area contributed by atoms with Crippen LogP contribution in [0, 0.1) is 0 Å². The average Bonchev–Trinajstić information content (AvgIpc) is 3.20. The van der Waals surface area contributed by atoms with Gasteiger partial charge in [-0.15, -0.1) is 0 Å². The van der Waals surface area contributed by atoms with Crippen LogP contribution in [0.25, 0.3) is 0 Å². The lowest BCUT2D eigenvalue weighted by Gasteiger charge is -2.17. The Kier molecular flexibility index (Phi) is 8.24. The number of hydrogen-bond acceptors (Lipinski definition) is 2. The van der Waals surface area contributed by atoms with Crippen molar-refractivity contribution in [2.45, 2.75) is 65.0 Å². The highest BCUT2D eigenvalue weighted by Gasteiger charge is 2.38. The Morgan fingerprint density at radius 3 is 1.77 bits per heavy atom. The molecule has 1 heterocycles. The Labute approximate surface area is 181 Å². The van der Waals surface area contributed by atoms with E-state index in [4.69, 9.17) is 9.47 Å². The Morgan fingerprint density at radius 2 is 1.27 bits per heavy atom. The zero-order valence-corrected chi connectivity index (χ0v) is 18.5. The van der Waals surface area contributed by atoms with Crippen LogP contribution in [0.15, 0.2) is 96.1 Å². The first kappa shape index (κ1) is 22.3. The molecule has 2 atom stereocenters. The maximum Gasteiger partial charge on any atom is 0.181 e. The van der Waals surface area contributed by atoms with Gasteiger partial charge in [-0.3, -0.25) is 0 Å². The van der Waals surface area contributed by atoms with Crippen molar-refractivity contribution in [1.29, 1.82) is 0 Å². The largest absolute Gasteiger partial charge is 0.338 e. The molecule has 0 bridgehead atoms. The number of rotatable bonds is 9. The van der Waals surface area contributed by atoms with E-state index in [2.05, 4.69) is 63.8 Å². The summed E-state index contributed by atoms with van der Waals surface area (Å²) in [4.78, 5) is 0. The van der Waals surface area contributed by atoms with E-state index >= 15 is 0 Å². The van der Waals surface area contributed by atoms with Gasteiger partial charge in [0.1, 0.15) is 12.2 Å². The Bertz CT molecular complexity index is 813. The third-order valence-electron chi connectivity index (χ3n) is 5.45.